The van der Waals surface area contributed by atoms with E-state index < -0.39 is 0 Å². The molecule has 2 N–H and O–H groups in total. The first-order chi connectivity index (χ1) is 15.1. The fourth-order valence-electron chi connectivity index (χ4n) is 4.00. The lowest BCUT2D eigenvalue weighted by molar-refractivity contribution is 0.554. The van der Waals surface area contributed by atoms with E-state index in [2.05, 4.69) is 112 Å². The standard InChI is InChI=1S/C28H30N4/c1-27(2,3)20-9-7-8-19(14-20)25-29-21-12-10-17(15-23(21)30-25)18-11-13-22-24(16-18)32-26(31-22)28(4,5)6/h7-16H,1-6H3,(H,29,30)(H,31,32). The third-order valence-electron chi connectivity index (χ3n) is 6.01. The second-order valence-corrected chi connectivity index (χ2v) is 10.7. The molecule has 5 rings (SSSR count). The molecule has 0 fully saturated rings. The first kappa shape index (κ1) is 20.5. The maximum atomic E-state index is 4.85. The Labute approximate surface area is 189 Å². The number of H-pyrrole nitrogens is 2. The molecule has 0 aliphatic carbocycles. The molecule has 0 saturated heterocycles. The molecule has 2 heterocycles. The highest BCUT2D eigenvalue weighted by Gasteiger charge is 2.18. The van der Waals surface area contributed by atoms with Crippen molar-refractivity contribution in [1.82, 2.24) is 19.9 Å². The van der Waals surface area contributed by atoms with E-state index in [-0.39, 0.29) is 10.8 Å². The van der Waals surface area contributed by atoms with Crippen LogP contribution in [-0.4, -0.2) is 19.9 Å². The first-order valence-corrected chi connectivity index (χ1v) is 11.2. The van der Waals surface area contributed by atoms with Crippen LogP contribution >= 0.6 is 0 Å². The molecule has 162 valence electrons. The fraction of sp³-hybridized carbons (Fsp3) is 0.286. The third kappa shape index (κ3) is 3.70. The van der Waals surface area contributed by atoms with E-state index in [1.807, 2.05) is 0 Å². The van der Waals surface area contributed by atoms with Crippen molar-refractivity contribution < 1.29 is 0 Å². The number of aromatic nitrogens is 4. The van der Waals surface area contributed by atoms with Gasteiger partial charge in [0.15, 0.2) is 0 Å². The number of aromatic amines is 2. The summed E-state index contributed by atoms with van der Waals surface area (Å²) in [4.78, 5) is 16.6. The van der Waals surface area contributed by atoms with Crippen molar-refractivity contribution in [3.05, 3.63) is 72.1 Å². The molecule has 0 bridgehead atoms. The fourth-order valence-corrected chi connectivity index (χ4v) is 4.00. The van der Waals surface area contributed by atoms with E-state index in [1.165, 1.54) is 5.56 Å². The van der Waals surface area contributed by atoms with Crippen LogP contribution in [0.5, 0.6) is 0 Å². The van der Waals surface area contributed by atoms with Crippen molar-refractivity contribution >= 4 is 22.1 Å². The second-order valence-electron chi connectivity index (χ2n) is 10.7. The summed E-state index contributed by atoms with van der Waals surface area (Å²) in [6.07, 6.45) is 0. The van der Waals surface area contributed by atoms with Crippen LogP contribution in [0.25, 0.3) is 44.6 Å². The average molecular weight is 423 g/mol. The van der Waals surface area contributed by atoms with Gasteiger partial charge in [-0.05, 0) is 52.4 Å². The van der Waals surface area contributed by atoms with Crippen LogP contribution < -0.4 is 0 Å². The van der Waals surface area contributed by atoms with Gasteiger partial charge >= 0.3 is 0 Å². The molecule has 32 heavy (non-hydrogen) atoms. The summed E-state index contributed by atoms with van der Waals surface area (Å²) in [6.45, 7) is 13.2. The van der Waals surface area contributed by atoms with Crippen molar-refractivity contribution in [1.29, 1.82) is 0 Å². The molecule has 0 amide bonds. The molecule has 5 aromatic rings. The van der Waals surface area contributed by atoms with Gasteiger partial charge in [-0.15, -0.1) is 0 Å². The van der Waals surface area contributed by atoms with Gasteiger partial charge in [0.2, 0.25) is 0 Å². The minimum absolute atomic E-state index is 0.00525. The predicted molar refractivity (Wildman–Crippen MR) is 134 cm³/mol. The van der Waals surface area contributed by atoms with E-state index in [0.717, 1.165) is 50.4 Å². The van der Waals surface area contributed by atoms with Gasteiger partial charge in [0.25, 0.3) is 0 Å². The van der Waals surface area contributed by atoms with Gasteiger partial charge in [0, 0.05) is 11.0 Å². The molecule has 0 spiro atoms. The zero-order valence-corrected chi connectivity index (χ0v) is 19.7. The number of hydrogen-bond acceptors (Lipinski definition) is 2. The molecule has 0 aliphatic rings. The highest BCUT2D eigenvalue weighted by atomic mass is 14.9. The molecule has 3 aromatic carbocycles. The molecular formula is C28H30N4. The van der Waals surface area contributed by atoms with Gasteiger partial charge in [-0.3, -0.25) is 0 Å². The monoisotopic (exact) mass is 422 g/mol. The highest BCUT2D eigenvalue weighted by Crippen LogP contribution is 2.31. The lowest BCUT2D eigenvalue weighted by atomic mass is 9.86. The Morgan fingerprint density at radius 2 is 1.22 bits per heavy atom. The van der Waals surface area contributed by atoms with Gasteiger partial charge in [-0.25, -0.2) is 9.97 Å². The van der Waals surface area contributed by atoms with Crippen LogP contribution in [0, 0.1) is 0 Å². The summed E-state index contributed by atoms with van der Waals surface area (Å²) in [5.74, 6) is 1.91. The van der Waals surface area contributed by atoms with E-state index >= 15 is 0 Å². The highest BCUT2D eigenvalue weighted by molar-refractivity contribution is 5.87. The van der Waals surface area contributed by atoms with Gasteiger partial charge in [-0.1, -0.05) is 71.9 Å². The Bertz CT molecular complexity index is 1440. The Balaban J connectivity index is 1.53. The van der Waals surface area contributed by atoms with Crippen molar-refractivity contribution in [2.24, 2.45) is 0 Å². The number of rotatable bonds is 2. The average Bonchev–Trinajstić information content (AvgIpc) is 3.36. The lowest BCUT2D eigenvalue weighted by Gasteiger charge is -2.19. The predicted octanol–water partition coefficient (Wildman–Crippen LogP) is 7.37. The Morgan fingerprint density at radius 1 is 0.594 bits per heavy atom. The molecule has 0 aliphatic heterocycles. The first-order valence-electron chi connectivity index (χ1n) is 11.2. The summed E-state index contributed by atoms with van der Waals surface area (Å²) in [5, 5.41) is 0. The maximum absolute atomic E-state index is 4.85. The van der Waals surface area contributed by atoms with Gasteiger partial charge in [-0.2, -0.15) is 0 Å². The molecule has 0 radical (unpaired) electrons. The van der Waals surface area contributed by atoms with Gasteiger partial charge in [0.1, 0.15) is 11.6 Å². The minimum Gasteiger partial charge on any atom is -0.342 e. The zero-order chi connectivity index (χ0) is 22.7. The topological polar surface area (TPSA) is 57.4 Å². The van der Waals surface area contributed by atoms with Crippen LogP contribution in [0.3, 0.4) is 0 Å². The van der Waals surface area contributed by atoms with E-state index in [4.69, 9.17) is 9.97 Å². The molecule has 0 saturated carbocycles. The number of imidazole rings is 2. The van der Waals surface area contributed by atoms with Crippen LogP contribution in [0.15, 0.2) is 60.7 Å². The molecule has 4 nitrogen and oxygen atoms in total. The SMILES string of the molecule is CC(C)(C)c1cccc(-c2nc3ccc(-c4ccc5nc(C(C)(C)C)[nH]c5c4)cc3[nH]2)c1. The minimum atomic E-state index is -0.00525. The Morgan fingerprint density at radius 3 is 1.84 bits per heavy atom. The summed E-state index contributed by atoms with van der Waals surface area (Å²) < 4.78 is 0. The van der Waals surface area contributed by atoms with E-state index in [0.29, 0.717) is 0 Å². The molecular weight excluding hydrogens is 392 g/mol. The van der Waals surface area contributed by atoms with Crippen molar-refractivity contribution in [3.63, 3.8) is 0 Å². The number of nitrogens with one attached hydrogen (secondary N) is 2. The molecule has 0 atom stereocenters. The van der Waals surface area contributed by atoms with E-state index in [1.54, 1.807) is 0 Å². The van der Waals surface area contributed by atoms with Crippen LogP contribution in [0.4, 0.5) is 0 Å². The van der Waals surface area contributed by atoms with Crippen LogP contribution in [0.2, 0.25) is 0 Å². The quantitative estimate of drug-likeness (QED) is 0.312. The summed E-state index contributed by atoms with van der Waals surface area (Å²) >= 11 is 0. The van der Waals surface area contributed by atoms with Gasteiger partial charge < -0.3 is 9.97 Å². The van der Waals surface area contributed by atoms with Crippen molar-refractivity contribution in [2.75, 3.05) is 0 Å². The normalized spacial score (nSPS) is 12.7. The largest absolute Gasteiger partial charge is 0.342 e. The summed E-state index contributed by atoms with van der Waals surface area (Å²) in [7, 11) is 0. The zero-order valence-electron chi connectivity index (χ0n) is 19.7. The van der Waals surface area contributed by atoms with Gasteiger partial charge in [0.05, 0.1) is 22.1 Å². The van der Waals surface area contributed by atoms with E-state index in [9.17, 15) is 0 Å². The summed E-state index contributed by atoms with van der Waals surface area (Å²) in [6, 6.07) is 21.5. The smallest absolute Gasteiger partial charge is 0.138 e. The molecule has 2 aromatic heterocycles. The number of benzene rings is 3. The Kier molecular flexibility index (Phi) is 4.52. The van der Waals surface area contributed by atoms with Crippen LogP contribution in [-0.2, 0) is 10.8 Å². The lowest BCUT2D eigenvalue weighted by Crippen LogP contribution is -2.12. The van der Waals surface area contributed by atoms with Crippen molar-refractivity contribution in [2.45, 2.75) is 52.4 Å². The summed E-state index contributed by atoms with van der Waals surface area (Å²) in [5.41, 5.74) is 8.92. The number of fused-ring (bicyclic) bond motifs is 2. The number of hydrogen-bond donors (Lipinski definition) is 2. The molecule has 0 unspecified atom stereocenters. The molecule has 4 heteroatoms. The van der Waals surface area contributed by atoms with Crippen LogP contribution in [0.1, 0.15) is 52.9 Å². The third-order valence-corrected chi connectivity index (χ3v) is 6.01. The second kappa shape index (κ2) is 7.06. The maximum Gasteiger partial charge on any atom is 0.138 e. The Hall–Kier alpha value is -3.40. The number of nitrogens with zero attached hydrogens (tertiary/aromatic N) is 2. The van der Waals surface area contributed by atoms with Crippen molar-refractivity contribution in [3.8, 4) is 22.5 Å².